The van der Waals surface area contributed by atoms with Crippen molar-refractivity contribution in [1.29, 1.82) is 0 Å². The van der Waals surface area contributed by atoms with Gasteiger partial charge in [-0.05, 0) is 30.3 Å². The molecule has 3 rings (SSSR count). The van der Waals surface area contributed by atoms with Gasteiger partial charge in [0.25, 0.3) is 5.91 Å². The van der Waals surface area contributed by atoms with Gasteiger partial charge >= 0.3 is 6.18 Å². The minimum absolute atomic E-state index is 0.111. The van der Waals surface area contributed by atoms with Crippen molar-refractivity contribution in [2.75, 3.05) is 51.3 Å². The Hall–Kier alpha value is -3.15. The topological polar surface area (TPSA) is 103 Å². The molecule has 2 aromatic rings. The Labute approximate surface area is 195 Å². The first-order chi connectivity index (χ1) is 16.3. The number of aliphatic hydroxyl groups excluding tert-OH is 1. The Morgan fingerprint density at radius 3 is 2.53 bits per heavy atom. The Bertz CT molecular complexity index is 981. The van der Waals surface area contributed by atoms with Gasteiger partial charge in [-0.3, -0.25) is 14.5 Å². The maximum Gasteiger partial charge on any atom is 0.416 e. The summed E-state index contributed by atoms with van der Waals surface area (Å²) < 4.78 is 44.3. The van der Waals surface area contributed by atoms with Crippen LogP contribution in [-0.4, -0.2) is 73.9 Å². The van der Waals surface area contributed by atoms with E-state index in [4.69, 9.17) is 4.74 Å². The van der Waals surface area contributed by atoms with Crippen molar-refractivity contribution >= 4 is 23.2 Å². The molecule has 1 heterocycles. The van der Waals surface area contributed by atoms with Gasteiger partial charge in [-0.15, -0.1) is 0 Å². The molecule has 0 saturated carbocycles. The number of para-hydroxylation sites is 1. The SMILES string of the molecule is O=C(NC(CO)C(=O)NCCN1CCOCC1)c1ccccc1Nc1cccc(C(F)(F)F)c1. The average Bonchev–Trinajstić information content (AvgIpc) is 2.83. The maximum atomic E-state index is 13.0. The summed E-state index contributed by atoms with van der Waals surface area (Å²) in [5, 5.41) is 17.6. The van der Waals surface area contributed by atoms with Gasteiger partial charge in [0, 0.05) is 31.9 Å². The van der Waals surface area contributed by atoms with Gasteiger partial charge < -0.3 is 25.8 Å². The standard InChI is InChI=1S/C23H27F3N4O4/c24-23(25,26)16-4-3-5-17(14-16)28-19-7-2-1-6-18(19)21(32)29-20(15-31)22(33)27-8-9-30-10-12-34-13-11-30/h1-7,14,20,28,31H,8-13,15H2,(H,27,33)(H,29,32). The number of morpholine rings is 1. The zero-order chi connectivity index (χ0) is 24.6. The Morgan fingerprint density at radius 2 is 1.82 bits per heavy atom. The van der Waals surface area contributed by atoms with E-state index >= 15 is 0 Å². The van der Waals surface area contributed by atoms with E-state index in [9.17, 15) is 27.9 Å². The Kier molecular flexibility index (Phi) is 8.85. The third kappa shape index (κ3) is 7.17. The molecule has 11 heteroatoms. The molecule has 0 aliphatic carbocycles. The first-order valence-corrected chi connectivity index (χ1v) is 10.8. The lowest BCUT2D eigenvalue weighted by Gasteiger charge is -2.26. The van der Waals surface area contributed by atoms with E-state index in [2.05, 4.69) is 20.9 Å². The number of nitrogens with one attached hydrogen (secondary N) is 3. The molecule has 2 aromatic carbocycles. The van der Waals surface area contributed by atoms with Crippen LogP contribution in [0.4, 0.5) is 24.5 Å². The molecule has 1 saturated heterocycles. The van der Waals surface area contributed by atoms with Gasteiger partial charge in [0.2, 0.25) is 5.91 Å². The molecule has 8 nitrogen and oxygen atoms in total. The lowest BCUT2D eigenvalue weighted by molar-refractivity contribution is -0.137. The molecular weight excluding hydrogens is 453 g/mol. The number of hydrogen-bond donors (Lipinski definition) is 4. The number of carbonyl (C=O) groups is 2. The summed E-state index contributed by atoms with van der Waals surface area (Å²) in [7, 11) is 0. The van der Waals surface area contributed by atoms with Crippen LogP contribution >= 0.6 is 0 Å². The van der Waals surface area contributed by atoms with Gasteiger partial charge in [0.1, 0.15) is 6.04 Å². The van der Waals surface area contributed by atoms with Gasteiger partial charge in [0.05, 0.1) is 36.6 Å². The van der Waals surface area contributed by atoms with Crippen LogP contribution in [-0.2, 0) is 15.7 Å². The number of nitrogens with zero attached hydrogens (tertiary/aromatic N) is 1. The highest BCUT2D eigenvalue weighted by molar-refractivity contribution is 6.02. The van der Waals surface area contributed by atoms with E-state index in [0.29, 0.717) is 26.3 Å². The molecule has 4 N–H and O–H groups in total. The smallest absolute Gasteiger partial charge is 0.394 e. The second kappa shape index (κ2) is 11.8. The van der Waals surface area contributed by atoms with Crippen LogP contribution in [0.1, 0.15) is 15.9 Å². The molecule has 184 valence electrons. The first kappa shape index (κ1) is 25.5. The number of benzene rings is 2. The predicted octanol–water partition coefficient (Wildman–Crippen LogP) is 1.99. The van der Waals surface area contributed by atoms with E-state index in [1.807, 2.05) is 0 Å². The zero-order valence-corrected chi connectivity index (χ0v) is 18.4. The summed E-state index contributed by atoms with van der Waals surface area (Å²) in [6.07, 6.45) is -4.50. The summed E-state index contributed by atoms with van der Waals surface area (Å²) in [6.45, 7) is 3.16. The van der Waals surface area contributed by atoms with Crippen molar-refractivity contribution in [3.8, 4) is 0 Å². The van der Waals surface area contributed by atoms with Gasteiger partial charge in [-0.1, -0.05) is 18.2 Å². The summed E-state index contributed by atoms with van der Waals surface area (Å²) in [6, 6.07) is 9.62. The highest BCUT2D eigenvalue weighted by Gasteiger charge is 2.30. The Balaban J connectivity index is 1.62. The third-order valence-electron chi connectivity index (χ3n) is 5.28. The van der Waals surface area contributed by atoms with E-state index in [-0.39, 0.29) is 16.9 Å². The molecule has 0 aromatic heterocycles. The van der Waals surface area contributed by atoms with Crippen molar-refractivity contribution in [3.63, 3.8) is 0 Å². The maximum absolute atomic E-state index is 13.0. The normalized spacial score (nSPS) is 15.4. The highest BCUT2D eigenvalue weighted by Crippen LogP contribution is 2.31. The fourth-order valence-electron chi connectivity index (χ4n) is 3.43. The van der Waals surface area contributed by atoms with Crippen molar-refractivity contribution < 1.29 is 32.6 Å². The van der Waals surface area contributed by atoms with Crippen LogP contribution in [0.5, 0.6) is 0 Å². The number of aliphatic hydroxyl groups is 1. The van der Waals surface area contributed by atoms with Crippen LogP contribution in [0.2, 0.25) is 0 Å². The largest absolute Gasteiger partial charge is 0.416 e. The molecule has 1 fully saturated rings. The quantitative estimate of drug-likeness (QED) is 0.438. The average molecular weight is 480 g/mol. The molecule has 0 bridgehead atoms. The number of alkyl halides is 3. The summed E-state index contributed by atoms with van der Waals surface area (Å²) >= 11 is 0. The summed E-state index contributed by atoms with van der Waals surface area (Å²) in [5.74, 6) is -1.19. The van der Waals surface area contributed by atoms with E-state index in [1.165, 1.54) is 24.3 Å². The van der Waals surface area contributed by atoms with Crippen LogP contribution in [0.15, 0.2) is 48.5 Å². The van der Waals surface area contributed by atoms with Crippen LogP contribution < -0.4 is 16.0 Å². The van der Waals surface area contributed by atoms with Crippen molar-refractivity contribution in [2.24, 2.45) is 0 Å². The number of anilines is 2. The number of hydrogen-bond acceptors (Lipinski definition) is 6. The zero-order valence-electron chi connectivity index (χ0n) is 18.4. The summed E-state index contributed by atoms with van der Waals surface area (Å²) in [5.41, 5.74) is -0.314. The fourth-order valence-corrected chi connectivity index (χ4v) is 3.43. The molecule has 0 spiro atoms. The molecule has 0 radical (unpaired) electrons. The Morgan fingerprint density at radius 1 is 1.09 bits per heavy atom. The van der Waals surface area contributed by atoms with E-state index in [0.717, 1.165) is 25.2 Å². The van der Waals surface area contributed by atoms with Crippen molar-refractivity contribution in [1.82, 2.24) is 15.5 Å². The van der Waals surface area contributed by atoms with Crippen molar-refractivity contribution in [2.45, 2.75) is 12.2 Å². The summed E-state index contributed by atoms with van der Waals surface area (Å²) in [4.78, 5) is 27.4. The fraction of sp³-hybridized carbons (Fsp3) is 0.391. The number of amides is 2. The minimum Gasteiger partial charge on any atom is -0.394 e. The third-order valence-corrected chi connectivity index (χ3v) is 5.28. The molecule has 2 amide bonds. The molecule has 1 aliphatic rings. The molecular formula is C23H27F3N4O4. The predicted molar refractivity (Wildman–Crippen MR) is 120 cm³/mol. The van der Waals surface area contributed by atoms with E-state index in [1.54, 1.807) is 12.1 Å². The van der Waals surface area contributed by atoms with Crippen LogP contribution in [0.3, 0.4) is 0 Å². The molecule has 34 heavy (non-hydrogen) atoms. The molecule has 1 unspecified atom stereocenters. The number of carbonyl (C=O) groups excluding carboxylic acids is 2. The number of halogens is 3. The molecule has 1 aliphatic heterocycles. The molecule has 1 atom stereocenters. The highest BCUT2D eigenvalue weighted by atomic mass is 19.4. The van der Waals surface area contributed by atoms with Gasteiger partial charge in [-0.2, -0.15) is 13.2 Å². The second-order valence-corrected chi connectivity index (χ2v) is 7.70. The second-order valence-electron chi connectivity index (χ2n) is 7.70. The lowest BCUT2D eigenvalue weighted by atomic mass is 10.1. The van der Waals surface area contributed by atoms with Crippen LogP contribution in [0, 0.1) is 0 Å². The van der Waals surface area contributed by atoms with Crippen LogP contribution in [0.25, 0.3) is 0 Å². The lowest BCUT2D eigenvalue weighted by Crippen LogP contribution is -2.50. The number of rotatable bonds is 9. The monoisotopic (exact) mass is 480 g/mol. The number of ether oxygens (including phenoxy) is 1. The van der Waals surface area contributed by atoms with Crippen molar-refractivity contribution in [3.05, 3.63) is 59.7 Å². The van der Waals surface area contributed by atoms with E-state index < -0.39 is 36.2 Å². The minimum atomic E-state index is -4.50. The first-order valence-electron chi connectivity index (χ1n) is 10.8. The van der Waals surface area contributed by atoms with Gasteiger partial charge in [0.15, 0.2) is 0 Å². The van der Waals surface area contributed by atoms with Gasteiger partial charge in [-0.25, -0.2) is 0 Å².